The van der Waals surface area contributed by atoms with Crippen LogP contribution in [-0.2, 0) is 4.74 Å². The van der Waals surface area contributed by atoms with E-state index in [1.807, 2.05) is 0 Å². The molecule has 1 aliphatic carbocycles. The lowest BCUT2D eigenvalue weighted by Crippen LogP contribution is -2.38. The standard InChI is InChI=1S/C8H14O3/c9-7-1-5-3-11-4-6(5)2-8(7)10/h5-10H,1-4H2/t5-,6+,7-,8+. The summed E-state index contributed by atoms with van der Waals surface area (Å²) in [6.07, 6.45) is 0.397. The van der Waals surface area contributed by atoms with Gasteiger partial charge in [0, 0.05) is 13.2 Å². The van der Waals surface area contributed by atoms with Gasteiger partial charge in [-0.25, -0.2) is 0 Å². The average molecular weight is 158 g/mol. The van der Waals surface area contributed by atoms with Gasteiger partial charge in [-0.2, -0.15) is 0 Å². The van der Waals surface area contributed by atoms with Gasteiger partial charge in [0.05, 0.1) is 12.2 Å². The SMILES string of the molecule is O[C@@H]1C[C@@H]2COC[C@@H]2C[C@@H]1O. The van der Waals surface area contributed by atoms with E-state index in [2.05, 4.69) is 0 Å². The fourth-order valence-corrected chi connectivity index (χ4v) is 2.10. The summed E-state index contributed by atoms with van der Waals surface area (Å²) in [4.78, 5) is 0. The third-order valence-corrected chi connectivity index (χ3v) is 2.86. The van der Waals surface area contributed by atoms with Crippen LogP contribution in [0.4, 0.5) is 0 Å². The Morgan fingerprint density at radius 3 is 1.82 bits per heavy atom. The van der Waals surface area contributed by atoms with Crippen molar-refractivity contribution in [3.8, 4) is 0 Å². The summed E-state index contributed by atoms with van der Waals surface area (Å²) in [5.41, 5.74) is 0. The molecule has 0 unspecified atom stereocenters. The average Bonchev–Trinajstić information content (AvgIpc) is 2.36. The maximum absolute atomic E-state index is 9.32. The molecule has 0 bridgehead atoms. The zero-order valence-electron chi connectivity index (χ0n) is 6.44. The second kappa shape index (κ2) is 2.73. The second-order valence-corrected chi connectivity index (χ2v) is 3.66. The Hall–Kier alpha value is -0.120. The molecule has 3 heteroatoms. The molecule has 0 aromatic carbocycles. The fraction of sp³-hybridized carbons (Fsp3) is 1.00. The van der Waals surface area contributed by atoms with Crippen LogP contribution in [0.1, 0.15) is 12.8 Å². The van der Waals surface area contributed by atoms with Crippen molar-refractivity contribution in [2.45, 2.75) is 25.0 Å². The number of fused-ring (bicyclic) bond motifs is 1. The van der Waals surface area contributed by atoms with Crippen molar-refractivity contribution in [2.75, 3.05) is 13.2 Å². The molecule has 0 aromatic heterocycles. The Labute approximate surface area is 66.0 Å². The Bertz CT molecular complexity index is 132. The highest BCUT2D eigenvalue weighted by molar-refractivity contribution is 4.87. The molecule has 4 atom stereocenters. The summed E-state index contributed by atoms with van der Waals surface area (Å²) in [6.45, 7) is 1.54. The predicted octanol–water partition coefficient (Wildman–Crippen LogP) is -0.235. The molecule has 2 N–H and O–H groups in total. The summed E-state index contributed by atoms with van der Waals surface area (Å²) < 4.78 is 5.27. The molecule has 1 aliphatic heterocycles. The molecule has 2 aliphatic rings. The molecule has 0 amide bonds. The van der Waals surface area contributed by atoms with Gasteiger partial charge in [-0.3, -0.25) is 0 Å². The highest BCUT2D eigenvalue weighted by Gasteiger charge is 2.38. The zero-order valence-corrected chi connectivity index (χ0v) is 6.44. The number of hydrogen-bond acceptors (Lipinski definition) is 3. The molecular weight excluding hydrogens is 144 g/mol. The fourth-order valence-electron chi connectivity index (χ4n) is 2.10. The van der Waals surface area contributed by atoms with E-state index in [4.69, 9.17) is 4.74 Å². The van der Waals surface area contributed by atoms with Gasteiger partial charge in [0.2, 0.25) is 0 Å². The van der Waals surface area contributed by atoms with Crippen LogP contribution in [0.5, 0.6) is 0 Å². The lowest BCUT2D eigenvalue weighted by molar-refractivity contribution is -0.0372. The molecule has 1 saturated heterocycles. The molecule has 0 spiro atoms. The van der Waals surface area contributed by atoms with Gasteiger partial charge in [-0.05, 0) is 24.7 Å². The molecule has 1 heterocycles. The molecular formula is C8H14O3. The van der Waals surface area contributed by atoms with Crippen LogP contribution < -0.4 is 0 Å². The third kappa shape index (κ3) is 1.28. The highest BCUT2D eigenvalue weighted by Crippen LogP contribution is 2.34. The van der Waals surface area contributed by atoms with Gasteiger partial charge in [-0.1, -0.05) is 0 Å². The first-order valence-corrected chi connectivity index (χ1v) is 4.21. The van der Waals surface area contributed by atoms with E-state index >= 15 is 0 Å². The predicted molar refractivity (Wildman–Crippen MR) is 39.0 cm³/mol. The Morgan fingerprint density at radius 2 is 1.36 bits per heavy atom. The minimum absolute atomic E-state index is 0.494. The summed E-state index contributed by atoms with van der Waals surface area (Å²) in [5.74, 6) is 0.988. The van der Waals surface area contributed by atoms with E-state index in [-0.39, 0.29) is 0 Å². The molecule has 2 fully saturated rings. The lowest BCUT2D eigenvalue weighted by atomic mass is 9.79. The highest BCUT2D eigenvalue weighted by atomic mass is 16.5. The summed E-state index contributed by atoms with van der Waals surface area (Å²) >= 11 is 0. The van der Waals surface area contributed by atoms with Crippen molar-refractivity contribution in [2.24, 2.45) is 11.8 Å². The van der Waals surface area contributed by atoms with Gasteiger partial charge in [0.25, 0.3) is 0 Å². The van der Waals surface area contributed by atoms with E-state index in [0.717, 1.165) is 13.2 Å². The molecule has 1 saturated carbocycles. The quantitative estimate of drug-likeness (QED) is 0.511. The maximum atomic E-state index is 9.32. The number of hydrogen-bond donors (Lipinski definition) is 2. The van der Waals surface area contributed by atoms with Crippen LogP contribution in [0, 0.1) is 11.8 Å². The monoisotopic (exact) mass is 158 g/mol. The van der Waals surface area contributed by atoms with Crippen molar-refractivity contribution < 1.29 is 14.9 Å². The van der Waals surface area contributed by atoms with Crippen molar-refractivity contribution in [1.29, 1.82) is 0 Å². The Morgan fingerprint density at radius 1 is 0.909 bits per heavy atom. The summed E-state index contributed by atoms with van der Waals surface area (Å²) in [7, 11) is 0. The van der Waals surface area contributed by atoms with Crippen LogP contribution in [0.25, 0.3) is 0 Å². The van der Waals surface area contributed by atoms with Gasteiger partial charge >= 0.3 is 0 Å². The molecule has 11 heavy (non-hydrogen) atoms. The Balaban J connectivity index is 2.00. The summed E-state index contributed by atoms with van der Waals surface area (Å²) in [5, 5.41) is 18.6. The first kappa shape index (κ1) is 7.53. The second-order valence-electron chi connectivity index (χ2n) is 3.66. The van der Waals surface area contributed by atoms with Gasteiger partial charge in [-0.15, -0.1) is 0 Å². The van der Waals surface area contributed by atoms with Gasteiger partial charge in [0.15, 0.2) is 0 Å². The first-order chi connectivity index (χ1) is 5.27. The normalized spacial score (nSPS) is 50.7. The van der Waals surface area contributed by atoms with Crippen molar-refractivity contribution in [3.63, 3.8) is 0 Å². The van der Waals surface area contributed by atoms with Crippen LogP contribution >= 0.6 is 0 Å². The molecule has 3 nitrogen and oxygen atoms in total. The van der Waals surface area contributed by atoms with E-state index in [9.17, 15) is 10.2 Å². The molecule has 0 radical (unpaired) electrons. The van der Waals surface area contributed by atoms with Crippen LogP contribution in [-0.4, -0.2) is 35.6 Å². The zero-order chi connectivity index (χ0) is 7.84. The van der Waals surface area contributed by atoms with E-state index in [0.29, 0.717) is 24.7 Å². The molecule has 0 aromatic rings. The van der Waals surface area contributed by atoms with Crippen molar-refractivity contribution in [1.82, 2.24) is 0 Å². The number of rotatable bonds is 0. The van der Waals surface area contributed by atoms with Crippen molar-refractivity contribution in [3.05, 3.63) is 0 Å². The lowest BCUT2D eigenvalue weighted by Gasteiger charge is -2.31. The smallest absolute Gasteiger partial charge is 0.0802 e. The van der Waals surface area contributed by atoms with E-state index < -0.39 is 12.2 Å². The molecule has 64 valence electrons. The minimum atomic E-state index is -0.516. The number of ether oxygens (including phenoxy) is 1. The number of aliphatic hydroxyl groups excluding tert-OH is 2. The van der Waals surface area contributed by atoms with Crippen LogP contribution in [0.15, 0.2) is 0 Å². The van der Waals surface area contributed by atoms with E-state index in [1.54, 1.807) is 0 Å². The summed E-state index contributed by atoms with van der Waals surface area (Å²) in [6, 6.07) is 0. The third-order valence-electron chi connectivity index (χ3n) is 2.86. The first-order valence-electron chi connectivity index (χ1n) is 4.21. The van der Waals surface area contributed by atoms with Crippen molar-refractivity contribution >= 4 is 0 Å². The Kier molecular flexibility index (Phi) is 1.87. The minimum Gasteiger partial charge on any atom is -0.390 e. The van der Waals surface area contributed by atoms with E-state index in [1.165, 1.54) is 0 Å². The molecule has 2 rings (SSSR count). The van der Waals surface area contributed by atoms with Gasteiger partial charge in [0.1, 0.15) is 0 Å². The largest absolute Gasteiger partial charge is 0.390 e. The van der Waals surface area contributed by atoms with Crippen LogP contribution in [0.2, 0.25) is 0 Å². The maximum Gasteiger partial charge on any atom is 0.0802 e. The topological polar surface area (TPSA) is 49.7 Å². The number of aliphatic hydroxyl groups is 2. The van der Waals surface area contributed by atoms with Crippen LogP contribution in [0.3, 0.4) is 0 Å². The van der Waals surface area contributed by atoms with Gasteiger partial charge < -0.3 is 14.9 Å².